The van der Waals surface area contributed by atoms with Gasteiger partial charge in [0.2, 0.25) is 15.9 Å². The monoisotopic (exact) mass is 408 g/mol. The molecule has 0 bridgehead atoms. The minimum atomic E-state index is -4.19. The van der Waals surface area contributed by atoms with Crippen molar-refractivity contribution in [1.29, 1.82) is 0 Å². The molecule has 1 aromatic carbocycles. The molecule has 1 aromatic heterocycles. The van der Waals surface area contributed by atoms with E-state index >= 15 is 0 Å². The van der Waals surface area contributed by atoms with Crippen LogP contribution in [-0.4, -0.2) is 46.8 Å². The second-order valence-electron chi connectivity index (χ2n) is 6.60. The molecule has 0 spiro atoms. The minimum Gasteiger partial charge on any atom is -0.508 e. The molecule has 0 radical (unpaired) electrons. The van der Waals surface area contributed by atoms with Gasteiger partial charge in [-0.3, -0.25) is 14.6 Å². The van der Waals surface area contributed by atoms with E-state index in [1.54, 1.807) is 12.1 Å². The zero-order chi connectivity index (χ0) is 20.5. The van der Waals surface area contributed by atoms with Gasteiger partial charge in [-0.25, -0.2) is 13.2 Å². The fourth-order valence-corrected chi connectivity index (χ4v) is 4.96. The largest absolute Gasteiger partial charge is 0.508 e. The van der Waals surface area contributed by atoms with Gasteiger partial charge >= 0.3 is 5.69 Å². The number of rotatable bonds is 4. The number of aromatic amines is 2. The van der Waals surface area contributed by atoms with Crippen molar-refractivity contribution in [3.63, 3.8) is 0 Å². The Morgan fingerprint density at radius 2 is 2.04 bits per heavy atom. The third-order valence-electron chi connectivity index (χ3n) is 4.54. The molecule has 1 aliphatic rings. The van der Waals surface area contributed by atoms with Gasteiger partial charge in [0.15, 0.2) is 4.90 Å². The quantitative estimate of drug-likeness (QED) is 0.564. The van der Waals surface area contributed by atoms with Crippen LogP contribution in [0.3, 0.4) is 0 Å². The Hall–Kier alpha value is -2.92. The summed E-state index contributed by atoms with van der Waals surface area (Å²) in [5.41, 5.74) is -1.44. The van der Waals surface area contributed by atoms with Crippen molar-refractivity contribution < 1.29 is 18.3 Å². The Morgan fingerprint density at radius 3 is 2.71 bits per heavy atom. The molecule has 1 saturated heterocycles. The number of phenols is 1. The fourth-order valence-electron chi connectivity index (χ4n) is 3.23. The number of nitrogens with zero attached hydrogens (tertiary/aromatic N) is 1. The van der Waals surface area contributed by atoms with Gasteiger partial charge < -0.3 is 15.4 Å². The van der Waals surface area contributed by atoms with Crippen LogP contribution in [0.15, 0.2) is 38.8 Å². The Kier molecular flexibility index (Phi) is 5.38. The van der Waals surface area contributed by atoms with Gasteiger partial charge in [-0.1, -0.05) is 6.07 Å². The normalized spacial score (nSPS) is 18.0. The van der Waals surface area contributed by atoms with Crippen LogP contribution in [-0.2, 0) is 14.8 Å². The Labute approximate surface area is 160 Å². The summed E-state index contributed by atoms with van der Waals surface area (Å²) in [6.07, 6.45) is 0.926. The molecule has 150 valence electrons. The summed E-state index contributed by atoms with van der Waals surface area (Å²) in [5, 5.41) is 12.1. The first kappa shape index (κ1) is 19.8. The number of sulfonamides is 1. The molecule has 10 nitrogen and oxygen atoms in total. The van der Waals surface area contributed by atoms with Gasteiger partial charge in [0, 0.05) is 30.5 Å². The van der Waals surface area contributed by atoms with Crippen LogP contribution in [0.25, 0.3) is 0 Å². The van der Waals surface area contributed by atoms with Crippen LogP contribution in [0.4, 0.5) is 5.69 Å². The van der Waals surface area contributed by atoms with Gasteiger partial charge in [-0.2, -0.15) is 4.31 Å². The second-order valence-corrected chi connectivity index (χ2v) is 8.48. The van der Waals surface area contributed by atoms with Crippen molar-refractivity contribution >= 4 is 21.6 Å². The average Bonchev–Trinajstić information content (AvgIpc) is 2.60. The molecule has 1 fully saturated rings. The molecule has 0 aliphatic carbocycles. The first-order valence-electron chi connectivity index (χ1n) is 8.62. The summed E-state index contributed by atoms with van der Waals surface area (Å²) in [4.78, 5) is 39.6. The van der Waals surface area contributed by atoms with E-state index in [2.05, 4.69) is 10.3 Å². The summed E-state index contributed by atoms with van der Waals surface area (Å²) >= 11 is 0. The number of carbonyl (C=O) groups excluding carboxylic acids is 1. The molecule has 1 amide bonds. The SMILES string of the molecule is Cc1[nH]c(=O)[nH]c(=O)c1S(=O)(=O)N1CCC[C@H](C(=O)Nc2cccc(O)c2)C1. The van der Waals surface area contributed by atoms with E-state index in [4.69, 9.17) is 0 Å². The number of nitrogens with one attached hydrogen (secondary N) is 3. The predicted octanol–water partition coefficient (Wildman–Crippen LogP) is 0.117. The molecule has 4 N–H and O–H groups in total. The number of anilines is 1. The Morgan fingerprint density at radius 1 is 1.29 bits per heavy atom. The maximum absolute atomic E-state index is 12.9. The highest BCUT2D eigenvalue weighted by Crippen LogP contribution is 2.24. The standard InChI is InChI=1S/C17H20N4O6S/c1-10-14(16(24)20-17(25)18-10)28(26,27)21-7-3-4-11(9-21)15(23)19-12-5-2-6-13(22)8-12/h2,5-6,8,11,22H,3-4,7,9H2,1H3,(H,19,23)(H2,18,20,24,25)/t11-/m0/s1. The summed E-state index contributed by atoms with van der Waals surface area (Å²) in [5.74, 6) is -0.996. The van der Waals surface area contributed by atoms with E-state index in [1.165, 1.54) is 19.1 Å². The molecule has 1 atom stereocenters. The van der Waals surface area contributed by atoms with E-state index in [9.17, 15) is 27.9 Å². The highest BCUT2D eigenvalue weighted by atomic mass is 32.2. The number of benzene rings is 1. The molecule has 2 aromatic rings. The number of amides is 1. The average molecular weight is 408 g/mol. The summed E-state index contributed by atoms with van der Waals surface area (Å²) < 4.78 is 26.9. The number of aromatic hydroxyl groups is 1. The van der Waals surface area contributed by atoms with Gasteiger partial charge in [0.1, 0.15) is 5.75 Å². The molecular formula is C17H20N4O6S. The van der Waals surface area contributed by atoms with Crippen LogP contribution in [0, 0.1) is 12.8 Å². The molecule has 2 heterocycles. The van der Waals surface area contributed by atoms with Crippen LogP contribution in [0.2, 0.25) is 0 Å². The van der Waals surface area contributed by atoms with Gasteiger partial charge in [-0.15, -0.1) is 0 Å². The highest BCUT2D eigenvalue weighted by molar-refractivity contribution is 7.89. The third-order valence-corrected chi connectivity index (χ3v) is 6.56. The summed E-state index contributed by atoms with van der Waals surface area (Å²) in [7, 11) is -4.19. The van der Waals surface area contributed by atoms with Crippen molar-refractivity contribution in [3.05, 3.63) is 50.8 Å². The van der Waals surface area contributed by atoms with Crippen molar-refractivity contribution in [2.24, 2.45) is 5.92 Å². The maximum atomic E-state index is 12.9. The fraction of sp³-hybridized carbons (Fsp3) is 0.353. The van der Waals surface area contributed by atoms with Crippen molar-refractivity contribution in [1.82, 2.24) is 14.3 Å². The van der Waals surface area contributed by atoms with Gasteiger partial charge in [0.05, 0.1) is 5.92 Å². The lowest BCUT2D eigenvalue weighted by molar-refractivity contribution is -0.120. The van der Waals surface area contributed by atoms with E-state index in [0.717, 1.165) is 4.31 Å². The highest BCUT2D eigenvalue weighted by Gasteiger charge is 2.35. The molecular weight excluding hydrogens is 388 g/mol. The van der Waals surface area contributed by atoms with Crippen LogP contribution in [0.5, 0.6) is 5.75 Å². The van der Waals surface area contributed by atoms with E-state index in [-0.39, 0.29) is 30.4 Å². The summed E-state index contributed by atoms with van der Waals surface area (Å²) in [6.45, 7) is 1.40. The smallest absolute Gasteiger partial charge is 0.325 e. The van der Waals surface area contributed by atoms with E-state index in [0.29, 0.717) is 18.5 Å². The van der Waals surface area contributed by atoms with Crippen molar-refractivity contribution in [2.45, 2.75) is 24.7 Å². The van der Waals surface area contributed by atoms with Crippen LogP contribution in [0.1, 0.15) is 18.5 Å². The molecule has 11 heteroatoms. The number of hydrogen-bond donors (Lipinski definition) is 4. The maximum Gasteiger partial charge on any atom is 0.325 e. The van der Waals surface area contributed by atoms with E-state index < -0.39 is 32.1 Å². The lowest BCUT2D eigenvalue weighted by atomic mass is 9.98. The lowest BCUT2D eigenvalue weighted by Crippen LogP contribution is -2.45. The Balaban J connectivity index is 1.82. The first-order valence-corrected chi connectivity index (χ1v) is 10.1. The van der Waals surface area contributed by atoms with Gasteiger partial charge in [0.25, 0.3) is 5.56 Å². The van der Waals surface area contributed by atoms with Gasteiger partial charge in [-0.05, 0) is 31.9 Å². The number of phenolic OH excluding ortho intramolecular Hbond substituents is 1. The molecule has 1 aliphatic heterocycles. The number of hydrogen-bond acceptors (Lipinski definition) is 6. The van der Waals surface area contributed by atoms with Crippen LogP contribution < -0.4 is 16.6 Å². The minimum absolute atomic E-state index is 0.00146. The summed E-state index contributed by atoms with van der Waals surface area (Å²) in [6, 6.07) is 6.04. The van der Waals surface area contributed by atoms with Crippen molar-refractivity contribution in [3.8, 4) is 5.75 Å². The number of piperidine rings is 1. The number of H-pyrrole nitrogens is 2. The second kappa shape index (κ2) is 7.60. The topological polar surface area (TPSA) is 152 Å². The van der Waals surface area contributed by atoms with Crippen molar-refractivity contribution in [2.75, 3.05) is 18.4 Å². The number of aromatic nitrogens is 2. The Bertz CT molecular complexity index is 1120. The number of aryl methyl sites for hydroxylation is 1. The molecule has 0 unspecified atom stereocenters. The molecule has 3 rings (SSSR count). The lowest BCUT2D eigenvalue weighted by Gasteiger charge is -2.31. The first-order chi connectivity index (χ1) is 13.2. The number of carbonyl (C=O) groups is 1. The third kappa shape index (κ3) is 3.99. The molecule has 28 heavy (non-hydrogen) atoms. The zero-order valence-corrected chi connectivity index (χ0v) is 15.9. The van der Waals surface area contributed by atoms with Crippen LogP contribution >= 0.6 is 0 Å². The zero-order valence-electron chi connectivity index (χ0n) is 15.1. The van der Waals surface area contributed by atoms with E-state index in [1.807, 2.05) is 4.98 Å². The predicted molar refractivity (Wildman–Crippen MR) is 101 cm³/mol. The molecule has 0 saturated carbocycles.